The zero-order valence-electron chi connectivity index (χ0n) is 14.3. The minimum absolute atomic E-state index is 0.170. The molecule has 0 aromatic heterocycles. The minimum Gasteiger partial charge on any atom is -0.493 e. The van der Waals surface area contributed by atoms with E-state index in [1.54, 1.807) is 14.2 Å². The van der Waals surface area contributed by atoms with Crippen molar-refractivity contribution in [3.63, 3.8) is 0 Å². The zero-order valence-corrected chi connectivity index (χ0v) is 14.3. The minimum atomic E-state index is -0.185. The molecule has 25 heavy (non-hydrogen) atoms. The number of nitrogens with one attached hydrogen (secondary N) is 2. The summed E-state index contributed by atoms with van der Waals surface area (Å²) in [7, 11) is 3.23. The summed E-state index contributed by atoms with van der Waals surface area (Å²) in [5.74, 6) is 1.33. The Bertz CT molecular complexity index is 873. The van der Waals surface area contributed by atoms with Crippen LogP contribution in [0.4, 0.5) is 4.79 Å². The van der Waals surface area contributed by atoms with Crippen LogP contribution in [0.3, 0.4) is 0 Å². The standard InChI is InChI=1S/C20H20N2O3/c1-24-16-10-8-13(11-17(16)25-2)18-15-9-7-12-5-3-4-6-14(12)19(15)22-20(23)21-18/h3-6,8,10-11,18H,7,9H2,1-2H3,(H2,21,22,23). The molecule has 0 radical (unpaired) electrons. The van der Waals surface area contributed by atoms with Crippen LogP contribution in [0.2, 0.25) is 0 Å². The van der Waals surface area contributed by atoms with E-state index < -0.39 is 0 Å². The summed E-state index contributed by atoms with van der Waals surface area (Å²) in [6.07, 6.45) is 1.87. The highest BCUT2D eigenvalue weighted by Gasteiger charge is 2.32. The number of ether oxygens (including phenoxy) is 2. The Kier molecular flexibility index (Phi) is 3.84. The predicted octanol–water partition coefficient (Wildman–Crippen LogP) is 3.42. The van der Waals surface area contributed by atoms with Gasteiger partial charge in [0.25, 0.3) is 0 Å². The van der Waals surface area contributed by atoms with Crippen LogP contribution in [0, 0.1) is 0 Å². The van der Waals surface area contributed by atoms with Gasteiger partial charge in [-0.05, 0) is 41.7 Å². The number of benzene rings is 2. The number of urea groups is 1. The Balaban J connectivity index is 1.82. The molecule has 1 aliphatic carbocycles. The predicted molar refractivity (Wildman–Crippen MR) is 95.6 cm³/mol. The lowest BCUT2D eigenvalue weighted by Gasteiger charge is -2.34. The van der Waals surface area contributed by atoms with E-state index in [1.807, 2.05) is 30.3 Å². The number of hydrogen-bond donors (Lipinski definition) is 2. The van der Waals surface area contributed by atoms with Gasteiger partial charge in [0.1, 0.15) is 0 Å². The van der Waals surface area contributed by atoms with Crippen molar-refractivity contribution in [1.29, 1.82) is 0 Å². The second-order valence-electron chi connectivity index (χ2n) is 6.20. The molecule has 4 rings (SSSR count). The molecule has 1 aliphatic heterocycles. The normalized spacial score (nSPS) is 18.6. The summed E-state index contributed by atoms with van der Waals surface area (Å²) in [5.41, 5.74) is 5.51. The fraction of sp³-hybridized carbons (Fsp3) is 0.250. The lowest BCUT2D eigenvalue weighted by molar-refractivity contribution is 0.240. The van der Waals surface area contributed by atoms with Crippen LogP contribution in [0.1, 0.15) is 29.2 Å². The van der Waals surface area contributed by atoms with Crippen LogP contribution in [0.15, 0.2) is 48.0 Å². The van der Waals surface area contributed by atoms with Crippen LogP contribution < -0.4 is 20.1 Å². The maximum Gasteiger partial charge on any atom is 0.319 e. The molecule has 2 N–H and O–H groups in total. The quantitative estimate of drug-likeness (QED) is 0.903. The number of aryl methyl sites for hydroxylation is 1. The molecule has 2 amide bonds. The first-order chi connectivity index (χ1) is 12.2. The molecule has 1 atom stereocenters. The van der Waals surface area contributed by atoms with Crippen molar-refractivity contribution in [3.05, 3.63) is 64.7 Å². The maximum absolute atomic E-state index is 12.3. The Hall–Kier alpha value is -2.95. The fourth-order valence-electron chi connectivity index (χ4n) is 3.67. The smallest absolute Gasteiger partial charge is 0.319 e. The third-order valence-corrected chi connectivity index (χ3v) is 4.87. The van der Waals surface area contributed by atoms with E-state index >= 15 is 0 Å². The molecule has 2 aliphatic rings. The van der Waals surface area contributed by atoms with Gasteiger partial charge in [0.05, 0.1) is 26.0 Å². The SMILES string of the molecule is COc1ccc(C2NC(=O)NC3=C2CCc2ccccc23)cc1OC. The summed E-state index contributed by atoms with van der Waals surface area (Å²) in [4.78, 5) is 12.3. The largest absolute Gasteiger partial charge is 0.493 e. The van der Waals surface area contributed by atoms with Gasteiger partial charge in [0.15, 0.2) is 11.5 Å². The van der Waals surface area contributed by atoms with Crippen molar-refractivity contribution in [3.8, 4) is 11.5 Å². The van der Waals surface area contributed by atoms with Crippen molar-refractivity contribution in [2.75, 3.05) is 14.2 Å². The highest BCUT2D eigenvalue weighted by atomic mass is 16.5. The van der Waals surface area contributed by atoms with Crippen LogP contribution in [0.5, 0.6) is 11.5 Å². The summed E-state index contributed by atoms with van der Waals surface area (Å²) in [5, 5.41) is 6.05. The average Bonchev–Trinajstić information content (AvgIpc) is 2.66. The third-order valence-electron chi connectivity index (χ3n) is 4.87. The van der Waals surface area contributed by atoms with Gasteiger partial charge in [-0.3, -0.25) is 0 Å². The fourth-order valence-corrected chi connectivity index (χ4v) is 3.67. The monoisotopic (exact) mass is 336 g/mol. The molecule has 5 heteroatoms. The molecule has 0 saturated carbocycles. The lowest BCUT2D eigenvalue weighted by atomic mass is 9.83. The first kappa shape index (κ1) is 15.6. The first-order valence-corrected chi connectivity index (χ1v) is 8.32. The molecule has 0 fully saturated rings. The summed E-state index contributed by atoms with van der Waals surface area (Å²) < 4.78 is 10.7. The van der Waals surface area contributed by atoms with Crippen LogP contribution in [-0.2, 0) is 6.42 Å². The Morgan fingerprint density at radius 2 is 1.80 bits per heavy atom. The molecular weight excluding hydrogens is 316 g/mol. The Labute approximate surface area is 146 Å². The van der Waals surface area contributed by atoms with Crippen molar-refractivity contribution in [2.24, 2.45) is 0 Å². The number of fused-ring (bicyclic) bond motifs is 2. The molecule has 128 valence electrons. The zero-order chi connectivity index (χ0) is 17.4. The second-order valence-corrected chi connectivity index (χ2v) is 6.20. The number of amides is 2. The van der Waals surface area contributed by atoms with Gasteiger partial charge in [-0.2, -0.15) is 0 Å². The Morgan fingerprint density at radius 1 is 1.00 bits per heavy atom. The summed E-state index contributed by atoms with van der Waals surface area (Å²) in [6.45, 7) is 0. The second kappa shape index (κ2) is 6.16. The van der Waals surface area contributed by atoms with Gasteiger partial charge in [0.2, 0.25) is 0 Å². The van der Waals surface area contributed by atoms with E-state index in [0.29, 0.717) is 11.5 Å². The van der Waals surface area contributed by atoms with E-state index in [4.69, 9.17) is 9.47 Å². The molecule has 2 aromatic rings. The maximum atomic E-state index is 12.3. The molecule has 0 bridgehead atoms. The highest BCUT2D eigenvalue weighted by molar-refractivity contribution is 5.91. The van der Waals surface area contributed by atoms with Crippen molar-refractivity contribution >= 4 is 11.7 Å². The van der Waals surface area contributed by atoms with Gasteiger partial charge in [0, 0.05) is 5.56 Å². The van der Waals surface area contributed by atoms with Crippen molar-refractivity contribution < 1.29 is 14.3 Å². The first-order valence-electron chi connectivity index (χ1n) is 8.32. The van der Waals surface area contributed by atoms with Gasteiger partial charge in [-0.15, -0.1) is 0 Å². The van der Waals surface area contributed by atoms with E-state index in [1.165, 1.54) is 11.1 Å². The van der Waals surface area contributed by atoms with Crippen LogP contribution in [0.25, 0.3) is 5.70 Å². The van der Waals surface area contributed by atoms with Crippen molar-refractivity contribution in [2.45, 2.75) is 18.9 Å². The van der Waals surface area contributed by atoms with Crippen LogP contribution in [-0.4, -0.2) is 20.3 Å². The third kappa shape index (κ3) is 2.61. The summed E-state index contributed by atoms with van der Waals surface area (Å²) >= 11 is 0. The van der Waals surface area contributed by atoms with Gasteiger partial charge in [-0.25, -0.2) is 4.79 Å². The number of carbonyl (C=O) groups is 1. The van der Waals surface area contributed by atoms with Gasteiger partial charge < -0.3 is 20.1 Å². The van der Waals surface area contributed by atoms with E-state index in [9.17, 15) is 4.79 Å². The lowest BCUT2D eigenvalue weighted by Crippen LogP contribution is -2.44. The van der Waals surface area contributed by atoms with Crippen molar-refractivity contribution in [1.82, 2.24) is 10.6 Å². The topological polar surface area (TPSA) is 59.6 Å². The highest BCUT2D eigenvalue weighted by Crippen LogP contribution is 2.40. The van der Waals surface area contributed by atoms with E-state index in [0.717, 1.165) is 29.7 Å². The molecule has 1 unspecified atom stereocenters. The molecular formula is C20H20N2O3. The van der Waals surface area contributed by atoms with E-state index in [2.05, 4.69) is 22.8 Å². The average molecular weight is 336 g/mol. The molecule has 0 saturated heterocycles. The van der Waals surface area contributed by atoms with Gasteiger partial charge >= 0.3 is 6.03 Å². The summed E-state index contributed by atoms with van der Waals surface area (Å²) in [6, 6.07) is 13.7. The number of carbonyl (C=O) groups excluding carboxylic acids is 1. The van der Waals surface area contributed by atoms with Gasteiger partial charge in [-0.1, -0.05) is 30.3 Å². The molecule has 1 heterocycles. The number of hydrogen-bond acceptors (Lipinski definition) is 3. The Morgan fingerprint density at radius 3 is 2.60 bits per heavy atom. The molecule has 5 nitrogen and oxygen atoms in total. The van der Waals surface area contributed by atoms with Crippen LogP contribution >= 0.6 is 0 Å². The molecule has 0 spiro atoms. The van der Waals surface area contributed by atoms with E-state index in [-0.39, 0.29) is 12.1 Å². The molecule has 2 aromatic carbocycles. The number of methoxy groups -OCH3 is 2. The number of rotatable bonds is 3.